The number of pyridine rings is 1. The van der Waals surface area contributed by atoms with E-state index in [0.717, 1.165) is 6.20 Å². The molecule has 9 heteroatoms. The Kier molecular flexibility index (Phi) is 3.45. The number of nitrogens with zero attached hydrogens (tertiary/aromatic N) is 3. The van der Waals surface area contributed by atoms with Crippen molar-refractivity contribution in [1.82, 2.24) is 25.7 Å². The number of carbonyl (C=O) groups is 1. The molecule has 2 N–H and O–H groups in total. The third-order valence-electron chi connectivity index (χ3n) is 2.23. The predicted molar refractivity (Wildman–Crippen MR) is 56.9 cm³/mol. The average Bonchev–Trinajstić information content (AvgIpc) is 2.89. The number of carbonyl (C=O) groups excluding carboxylic acids is 1. The Morgan fingerprint density at radius 1 is 1.37 bits per heavy atom. The summed E-state index contributed by atoms with van der Waals surface area (Å²) in [4.78, 5) is 15.2. The molecule has 100 valence electrons. The fourth-order valence-corrected chi connectivity index (χ4v) is 1.39. The molecule has 2 aromatic heterocycles. The van der Waals surface area contributed by atoms with Gasteiger partial charge >= 0.3 is 6.18 Å². The number of alkyl halides is 3. The minimum Gasteiger partial charge on any atom is -0.334 e. The van der Waals surface area contributed by atoms with Gasteiger partial charge in [-0.15, -0.1) is 0 Å². The minimum atomic E-state index is -4.66. The van der Waals surface area contributed by atoms with Crippen LogP contribution in [0, 0.1) is 0 Å². The molecule has 2 rings (SSSR count). The lowest BCUT2D eigenvalue weighted by Gasteiger charge is -2.20. The summed E-state index contributed by atoms with van der Waals surface area (Å²) in [5.74, 6) is -0.985. The molecule has 0 saturated carbocycles. The van der Waals surface area contributed by atoms with Crippen molar-refractivity contribution in [1.29, 1.82) is 0 Å². The Bertz CT molecular complexity index is 540. The van der Waals surface area contributed by atoms with Crippen LogP contribution in [-0.2, 0) is 0 Å². The highest BCUT2D eigenvalue weighted by molar-refractivity contribution is 5.92. The van der Waals surface area contributed by atoms with Gasteiger partial charge in [-0.05, 0) is 12.1 Å². The van der Waals surface area contributed by atoms with Crippen molar-refractivity contribution < 1.29 is 18.0 Å². The Balaban J connectivity index is 2.23. The van der Waals surface area contributed by atoms with Gasteiger partial charge in [0.2, 0.25) is 0 Å². The van der Waals surface area contributed by atoms with Gasteiger partial charge < -0.3 is 5.32 Å². The van der Waals surface area contributed by atoms with Gasteiger partial charge in [-0.2, -0.15) is 28.6 Å². The first kappa shape index (κ1) is 13.0. The number of amides is 1. The lowest BCUT2D eigenvalue weighted by Crippen LogP contribution is -2.38. The van der Waals surface area contributed by atoms with Gasteiger partial charge in [-0.1, -0.05) is 6.07 Å². The lowest BCUT2D eigenvalue weighted by molar-refractivity contribution is -0.156. The maximum atomic E-state index is 12.9. The van der Waals surface area contributed by atoms with Crippen molar-refractivity contribution in [2.24, 2.45) is 0 Å². The van der Waals surface area contributed by atoms with Crippen LogP contribution < -0.4 is 5.32 Å². The number of rotatable bonds is 3. The molecule has 0 aliphatic rings. The highest BCUT2D eigenvalue weighted by Gasteiger charge is 2.43. The number of hydrogen-bond acceptors (Lipinski definition) is 4. The molecule has 0 radical (unpaired) electrons. The molecular formula is C10H8F3N5O. The van der Waals surface area contributed by atoms with Crippen LogP contribution in [0.15, 0.2) is 30.6 Å². The van der Waals surface area contributed by atoms with E-state index in [9.17, 15) is 18.0 Å². The molecule has 1 atom stereocenters. The van der Waals surface area contributed by atoms with Crippen LogP contribution in [-0.4, -0.2) is 32.5 Å². The Hall–Kier alpha value is -2.45. The first-order chi connectivity index (χ1) is 8.98. The fraction of sp³-hybridized carbons (Fsp3) is 0.200. The first-order valence-electron chi connectivity index (χ1n) is 5.13. The molecule has 2 aromatic rings. The maximum absolute atomic E-state index is 12.9. The molecule has 19 heavy (non-hydrogen) atoms. The molecule has 1 amide bonds. The van der Waals surface area contributed by atoms with Crippen molar-refractivity contribution >= 4 is 5.91 Å². The SMILES string of the molecule is O=C(NC(c1ccccn1)C(F)(F)F)c1cn[nH]n1. The zero-order valence-electron chi connectivity index (χ0n) is 9.35. The van der Waals surface area contributed by atoms with Gasteiger partial charge in [-0.25, -0.2) is 0 Å². The lowest BCUT2D eigenvalue weighted by atomic mass is 10.1. The number of halogens is 3. The van der Waals surface area contributed by atoms with E-state index < -0.39 is 18.1 Å². The summed E-state index contributed by atoms with van der Waals surface area (Å²) in [5, 5.41) is 10.7. The smallest absolute Gasteiger partial charge is 0.334 e. The number of hydrogen-bond donors (Lipinski definition) is 2. The van der Waals surface area contributed by atoms with Gasteiger partial charge in [0, 0.05) is 6.20 Å². The van der Waals surface area contributed by atoms with Crippen LogP contribution in [0.1, 0.15) is 22.2 Å². The van der Waals surface area contributed by atoms with Gasteiger partial charge in [-0.3, -0.25) is 9.78 Å². The number of nitrogens with one attached hydrogen (secondary N) is 2. The Morgan fingerprint density at radius 2 is 2.16 bits per heavy atom. The molecule has 0 bridgehead atoms. The van der Waals surface area contributed by atoms with Gasteiger partial charge in [0.1, 0.15) is 0 Å². The van der Waals surface area contributed by atoms with Gasteiger partial charge in [0.05, 0.1) is 11.9 Å². The third kappa shape index (κ3) is 3.06. The summed E-state index contributed by atoms with van der Waals surface area (Å²) >= 11 is 0. The second-order valence-corrected chi connectivity index (χ2v) is 3.56. The zero-order chi connectivity index (χ0) is 13.9. The second kappa shape index (κ2) is 5.04. The van der Waals surface area contributed by atoms with Crippen LogP contribution in [0.2, 0.25) is 0 Å². The van der Waals surface area contributed by atoms with E-state index in [1.54, 1.807) is 0 Å². The highest BCUT2D eigenvalue weighted by atomic mass is 19.4. The van der Waals surface area contributed by atoms with Crippen molar-refractivity contribution in [3.8, 4) is 0 Å². The molecule has 1 unspecified atom stereocenters. The van der Waals surface area contributed by atoms with Gasteiger partial charge in [0.25, 0.3) is 5.91 Å². The molecule has 0 spiro atoms. The van der Waals surface area contributed by atoms with Crippen LogP contribution in [0.3, 0.4) is 0 Å². The quantitative estimate of drug-likeness (QED) is 0.879. The van der Waals surface area contributed by atoms with Crippen molar-refractivity contribution in [2.45, 2.75) is 12.2 Å². The van der Waals surface area contributed by atoms with E-state index in [2.05, 4.69) is 20.4 Å². The summed E-state index contributed by atoms with van der Waals surface area (Å²) < 4.78 is 38.7. The summed E-state index contributed by atoms with van der Waals surface area (Å²) in [6.07, 6.45) is -2.41. The van der Waals surface area contributed by atoms with Crippen molar-refractivity contribution in [2.75, 3.05) is 0 Å². The highest BCUT2D eigenvalue weighted by Crippen LogP contribution is 2.31. The molecule has 6 nitrogen and oxygen atoms in total. The summed E-state index contributed by atoms with van der Waals surface area (Å²) in [6.45, 7) is 0. The van der Waals surface area contributed by atoms with Crippen molar-refractivity contribution in [3.63, 3.8) is 0 Å². The van der Waals surface area contributed by atoms with Crippen LogP contribution >= 0.6 is 0 Å². The van der Waals surface area contributed by atoms with E-state index in [-0.39, 0.29) is 11.4 Å². The fourth-order valence-electron chi connectivity index (χ4n) is 1.39. The van der Waals surface area contributed by atoms with E-state index in [1.165, 1.54) is 24.4 Å². The zero-order valence-corrected chi connectivity index (χ0v) is 9.35. The molecule has 0 fully saturated rings. The molecule has 0 aliphatic heterocycles. The standard InChI is InChI=1S/C10H8F3N5O/c11-10(12,13)8(6-3-1-2-4-14-6)16-9(19)7-5-15-18-17-7/h1-5,8H,(H,16,19)(H,15,17,18). The predicted octanol–water partition coefficient (Wildman–Crippen LogP) is 1.23. The summed E-state index contributed by atoms with van der Waals surface area (Å²) in [6, 6.07) is 1.87. The maximum Gasteiger partial charge on any atom is 0.414 e. The topological polar surface area (TPSA) is 83.6 Å². The first-order valence-corrected chi connectivity index (χ1v) is 5.13. The van der Waals surface area contributed by atoms with Crippen LogP contribution in [0.5, 0.6) is 0 Å². The molecule has 0 aliphatic carbocycles. The Labute approximate surface area is 105 Å². The van der Waals surface area contributed by atoms with Crippen molar-refractivity contribution in [3.05, 3.63) is 42.0 Å². The van der Waals surface area contributed by atoms with Crippen LogP contribution in [0.25, 0.3) is 0 Å². The summed E-state index contributed by atoms with van der Waals surface area (Å²) in [7, 11) is 0. The third-order valence-corrected chi connectivity index (χ3v) is 2.23. The average molecular weight is 271 g/mol. The van der Waals surface area contributed by atoms with Gasteiger partial charge in [0.15, 0.2) is 11.7 Å². The normalized spacial score (nSPS) is 13.0. The number of aromatic nitrogens is 4. The Morgan fingerprint density at radius 3 is 2.68 bits per heavy atom. The number of H-pyrrole nitrogens is 1. The van der Waals surface area contributed by atoms with E-state index in [0.29, 0.717) is 0 Å². The molecular weight excluding hydrogens is 263 g/mol. The van der Waals surface area contributed by atoms with Crippen LogP contribution in [0.4, 0.5) is 13.2 Å². The van der Waals surface area contributed by atoms with E-state index in [4.69, 9.17) is 0 Å². The minimum absolute atomic E-state index is 0.231. The summed E-state index contributed by atoms with van der Waals surface area (Å²) in [5.41, 5.74) is -0.531. The largest absolute Gasteiger partial charge is 0.414 e. The molecule has 2 heterocycles. The number of aromatic amines is 1. The molecule has 0 saturated heterocycles. The second-order valence-electron chi connectivity index (χ2n) is 3.56. The van der Waals surface area contributed by atoms with E-state index >= 15 is 0 Å². The molecule has 0 aromatic carbocycles. The monoisotopic (exact) mass is 271 g/mol. The van der Waals surface area contributed by atoms with E-state index in [1.807, 2.05) is 5.32 Å².